The van der Waals surface area contributed by atoms with Gasteiger partial charge in [0, 0.05) is 86.0 Å². The first kappa shape index (κ1) is 31.9. The number of aliphatic hydroxyl groups excluding tert-OH is 1. The zero-order valence-corrected chi connectivity index (χ0v) is 28.1. The molecule has 50 heavy (non-hydrogen) atoms. The van der Waals surface area contributed by atoms with Crippen LogP contribution < -0.4 is 16.4 Å². The highest BCUT2D eigenvalue weighted by molar-refractivity contribution is 6.28. The van der Waals surface area contributed by atoms with Crippen LogP contribution in [0.2, 0.25) is 0 Å². The van der Waals surface area contributed by atoms with E-state index >= 15 is 0 Å². The molecule has 0 aliphatic heterocycles. The third kappa shape index (κ3) is 4.27. The molecule has 0 atom stereocenters. The molecule has 0 aromatic heterocycles. The Bertz CT molecular complexity index is 2420. The summed E-state index contributed by atoms with van der Waals surface area (Å²) in [6.07, 6.45) is 0. The number of benzene rings is 5. The summed E-state index contributed by atoms with van der Waals surface area (Å²) in [5, 5.41) is 48.9. The van der Waals surface area contributed by atoms with Crippen molar-refractivity contribution < 1.29 is 19.9 Å². The molecular weight excluding hydrogens is 624 g/mol. The van der Waals surface area contributed by atoms with Crippen LogP contribution in [-0.4, -0.2) is 52.8 Å². The summed E-state index contributed by atoms with van der Waals surface area (Å²) >= 11 is 0. The molecule has 2 aliphatic rings. The van der Waals surface area contributed by atoms with Gasteiger partial charge in [-0.15, -0.1) is 0 Å². The van der Waals surface area contributed by atoms with Gasteiger partial charge < -0.3 is 31.7 Å². The van der Waals surface area contributed by atoms with E-state index in [4.69, 9.17) is 18.0 Å². The molecule has 9 nitrogen and oxygen atoms in total. The maximum absolute atomic E-state index is 12.5. The maximum Gasteiger partial charge on any atom is 0.270 e. The predicted molar refractivity (Wildman–Crippen MR) is 200 cm³/mol. The summed E-state index contributed by atoms with van der Waals surface area (Å²) in [5.41, 5.74) is 19.3. The fraction of sp³-hybridized carbons (Fsp3) is 0.146. The van der Waals surface area contributed by atoms with Gasteiger partial charge in [0.25, 0.3) is 5.70 Å². The minimum absolute atomic E-state index is 0.0785. The Morgan fingerprint density at radius 2 is 1.26 bits per heavy atom. The van der Waals surface area contributed by atoms with Crippen molar-refractivity contribution in [1.29, 1.82) is 5.26 Å². The third-order valence-corrected chi connectivity index (χ3v) is 9.75. The molecule has 0 saturated heterocycles. The number of aromatic hydroxyl groups is 2. The number of aliphatic hydroxyl groups is 1. The molecule has 5 aromatic carbocycles. The number of nitrogen functional groups attached to an aromatic ring is 2. The largest absolute Gasteiger partial charge is 0.507 e. The molecular formula is C41H35N6O3+. The van der Waals surface area contributed by atoms with Gasteiger partial charge in [-0.1, -0.05) is 36.4 Å². The van der Waals surface area contributed by atoms with E-state index in [-0.39, 0.29) is 39.7 Å². The molecule has 0 unspecified atom stereocenters. The second-order valence-corrected chi connectivity index (χ2v) is 12.5. The molecule has 0 fully saturated rings. The minimum atomic E-state index is -0.269. The van der Waals surface area contributed by atoms with Gasteiger partial charge in [0.15, 0.2) is 0 Å². The van der Waals surface area contributed by atoms with Crippen molar-refractivity contribution >= 4 is 55.5 Å². The maximum atomic E-state index is 12.5. The van der Waals surface area contributed by atoms with Gasteiger partial charge in [0.1, 0.15) is 30.3 Å². The normalized spacial score (nSPS) is 14.6. The number of fused-ring (bicyclic) bond motifs is 4. The quantitative estimate of drug-likeness (QED) is 0.0438. The van der Waals surface area contributed by atoms with Crippen LogP contribution in [0.25, 0.3) is 37.5 Å². The summed E-state index contributed by atoms with van der Waals surface area (Å²) < 4.78 is 2.15. The van der Waals surface area contributed by atoms with Crippen molar-refractivity contribution in [1.82, 2.24) is 0 Å². The summed E-state index contributed by atoms with van der Waals surface area (Å²) in [5.74, 6) is -0.372. The zero-order chi connectivity index (χ0) is 35.6. The molecule has 7 N–H and O–H groups in total. The molecule has 7 rings (SSSR count). The number of phenols is 2. The standard InChI is InChI=1S/C41H34N6O3/c1-6-47(7-2)40-23-14-10-18-28(48)32(23)36(33-24(40)15-11-19-29(33)49)38-34(27(20-42)45-3)37(41(38)50)35-30-21(12-8-16-25(30)43)39(46(4)5)22-13-9-17-26(44)31(22)35/h8-19H,6-7,43-44H2,1-2,4-5H3,(H2-,48,49,50)/p+1/b34-27-. The second-order valence-electron chi connectivity index (χ2n) is 12.5. The molecule has 5 aromatic rings. The molecule has 246 valence electrons. The highest BCUT2D eigenvalue weighted by Crippen LogP contribution is 2.58. The van der Waals surface area contributed by atoms with Crippen LogP contribution in [0.1, 0.15) is 41.7 Å². The van der Waals surface area contributed by atoms with E-state index in [2.05, 4.69) is 15.5 Å². The third-order valence-electron chi connectivity index (χ3n) is 9.75. The molecule has 2 aliphatic carbocycles. The number of hydrogen-bond donors (Lipinski definition) is 5. The van der Waals surface area contributed by atoms with Gasteiger partial charge in [-0.3, -0.25) is 0 Å². The lowest BCUT2D eigenvalue weighted by molar-refractivity contribution is -0.519. The van der Waals surface area contributed by atoms with Gasteiger partial charge in [0.05, 0.1) is 29.5 Å². The monoisotopic (exact) mass is 659 g/mol. The van der Waals surface area contributed by atoms with Gasteiger partial charge in [0.2, 0.25) is 5.71 Å². The highest BCUT2D eigenvalue weighted by atomic mass is 16.3. The van der Waals surface area contributed by atoms with E-state index in [1.807, 2.05) is 69.2 Å². The Morgan fingerprint density at radius 3 is 1.70 bits per heavy atom. The molecule has 0 saturated carbocycles. The lowest BCUT2D eigenvalue weighted by Gasteiger charge is -2.35. The number of anilines is 3. The van der Waals surface area contributed by atoms with Crippen LogP contribution >= 0.6 is 0 Å². The van der Waals surface area contributed by atoms with Gasteiger partial charge in [-0.05, 0) is 50.2 Å². The van der Waals surface area contributed by atoms with Crippen molar-refractivity contribution in [2.75, 3.05) is 43.6 Å². The van der Waals surface area contributed by atoms with Gasteiger partial charge >= 0.3 is 0 Å². The first-order valence-corrected chi connectivity index (χ1v) is 16.3. The zero-order valence-electron chi connectivity index (χ0n) is 28.1. The molecule has 0 bridgehead atoms. The summed E-state index contributed by atoms with van der Waals surface area (Å²) in [4.78, 5) is 5.62. The number of rotatable bonds is 4. The molecule has 9 heteroatoms. The number of nitrogens with two attached hydrogens (primary N) is 2. The second kappa shape index (κ2) is 11.8. The smallest absolute Gasteiger partial charge is 0.270 e. The van der Waals surface area contributed by atoms with E-state index in [1.54, 1.807) is 36.4 Å². The Morgan fingerprint density at radius 1 is 0.760 bits per heavy atom. The fourth-order valence-electron chi connectivity index (χ4n) is 7.78. The number of allylic oxidation sites excluding steroid dienone is 3. The van der Waals surface area contributed by atoms with E-state index in [0.29, 0.717) is 68.6 Å². The van der Waals surface area contributed by atoms with E-state index in [1.165, 1.54) is 0 Å². The van der Waals surface area contributed by atoms with Crippen LogP contribution in [0.3, 0.4) is 0 Å². The van der Waals surface area contributed by atoms with Crippen molar-refractivity contribution in [3.05, 3.63) is 135 Å². The highest BCUT2D eigenvalue weighted by Gasteiger charge is 2.44. The Labute approximate surface area is 289 Å². The van der Waals surface area contributed by atoms with Crippen LogP contribution in [0, 0.1) is 17.9 Å². The number of hydrogen-bond acceptors (Lipinski definition) is 7. The minimum Gasteiger partial charge on any atom is -0.507 e. The van der Waals surface area contributed by atoms with Crippen LogP contribution in [0.5, 0.6) is 11.5 Å². The van der Waals surface area contributed by atoms with Crippen LogP contribution in [-0.2, 0) is 0 Å². The SMILES string of the molecule is [C-]#[N+]/C(C#N)=C1\C(=C2c3c(O)cccc3C(=[N+](CC)CC)c3cccc(O)c32)C(O)=C1c1c2c(N)cccc2c(N(C)C)c2cccc(N)c12. The van der Waals surface area contributed by atoms with E-state index < -0.39 is 0 Å². The molecule has 0 amide bonds. The first-order chi connectivity index (χ1) is 24.1. The van der Waals surface area contributed by atoms with Crippen molar-refractivity contribution in [3.8, 4) is 17.6 Å². The fourth-order valence-corrected chi connectivity index (χ4v) is 7.78. The average molecular weight is 660 g/mol. The van der Waals surface area contributed by atoms with Crippen molar-refractivity contribution in [2.45, 2.75) is 13.8 Å². The van der Waals surface area contributed by atoms with Crippen LogP contribution in [0.15, 0.2) is 95.4 Å². The first-order valence-electron chi connectivity index (χ1n) is 16.3. The Kier molecular flexibility index (Phi) is 7.50. The number of nitriles is 1. The van der Waals surface area contributed by atoms with Crippen LogP contribution in [0.4, 0.5) is 17.1 Å². The molecule has 0 radical (unpaired) electrons. The summed E-state index contributed by atoms with van der Waals surface area (Å²) in [7, 11) is 3.86. The topological polar surface area (TPSA) is 147 Å². The molecule has 0 heterocycles. The van der Waals surface area contributed by atoms with Crippen molar-refractivity contribution in [3.63, 3.8) is 0 Å². The Balaban J connectivity index is 1.74. The van der Waals surface area contributed by atoms with Gasteiger partial charge in [-0.2, -0.15) is 0 Å². The summed E-state index contributed by atoms with van der Waals surface area (Å²) in [6, 6.07) is 23.6. The van der Waals surface area contributed by atoms with Crippen molar-refractivity contribution in [2.24, 2.45) is 0 Å². The number of nitrogens with zero attached hydrogens (tertiary/aromatic N) is 4. The number of phenolic OH excluding ortho intramolecular Hbond substituents is 2. The van der Waals surface area contributed by atoms with E-state index in [0.717, 1.165) is 22.2 Å². The average Bonchev–Trinajstić information content (AvgIpc) is 3.09. The summed E-state index contributed by atoms with van der Waals surface area (Å²) in [6.45, 7) is 13.5. The lowest BCUT2D eigenvalue weighted by atomic mass is 9.68. The van der Waals surface area contributed by atoms with E-state index in [9.17, 15) is 20.6 Å². The predicted octanol–water partition coefficient (Wildman–Crippen LogP) is 7.32. The molecule has 0 spiro atoms. The lowest BCUT2D eigenvalue weighted by Crippen LogP contribution is -2.29. The van der Waals surface area contributed by atoms with Gasteiger partial charge in [-0.25, -0.2) is 14.7 Å². The Hall–Kier alpha value is -6.71.